The summed E-state index contributed by atoms with van der Waals surface area (Å²) in [6.45, 7) is 2.82. The van der Waals surface area contributed by atoms with Crippen LogP contribution in [0.4, 0.5) is 5.69 Å². The number of hydrogen-bond acceptors (Lipinski definition) is 2. The van der Waals surface area contributed by atoms with Crippen LogP contribution >= 0.6 is 11.6 Å². The molecule has 0 saturated heterocycles. The first-order chi connectivity index (χ1) is 5.77. The molecule has 0 aliphatic rings. The Hall–Kier alpha value is -1.20. The standard InChI is InChI=1S/C9H9ClN2/c1-2-12-9-4-3-7(6-11)5-8(9)10/h3-5,12H,2H2,1H3. The number of hydrogen-bond donors (Lipinski definition) is 1. The van der Waals surface area contributed by atoms with Gasteiger partial charge in [0.2, 0.25) is 0 Å². The Labute approximate surface area is 76.8 Å². The molecular weight excluding hydrogens is 172 g/mol. The second kappa shape index (κ2) is 3.99. The van der Waals surface area contributed by atoms with Crippen LogP contribution in [0, 0.1) is 11.3 Å². The molecule has 1 N–H and O–H groups in total. The number of nitriles is 1. The molecule has 0 unspecified atom stereocenters. The molecule has 1 aromatic carbocycles. The molecule has 0 bridgehead atoms. The monoisotopic (exact) mass is 180 g/mol. The van der Waals surface area contributed by atoms with E-state index in [9.17, 15) is 0 Å². The van der Waals surface area contributed by atoms with E-state index in [-0.39, 0.29) is 0 Å². The SMILES string of the molecule is CCNc1ccc(C#N)cc1Cl. The predicted octanol–water partition coefficient (Wildman–Crippen LogP) is 2.64. The Bertz CT molecular complexity index is 315. The molecule has 62 valence electrons. The second-order valence-corrected chi connectivity index (χ2v) is 2.74. The van der Waals surface area contributed by atoms with Crippen molar-refractivity contribution in [2.24, 2.45) is 0 Å². The van der Waals surface area contributed by atoms with Crippen molar-refractivity contribution in [1.82, 2.24) is 0 Å². The van der Waals surface area contributed by atoms with Gasteiger partial charge in [-0.2, -0.15) is 5.26 Å². The van der Waals surface area contributed by atoms with Gasteiger partial charge >= 0.3 is 0 Å². The van der Waals surface area contributed by atoms with Crippen LogP contribution in [0.3, 0.4) is 0 Å². The molecule has 0 fully saturated rings. The third-order valence-corrected chi connectivity index (χ3v) is 1.78. The van der Waals surface area contributed by atoms with E-state index < -0.39 is 0 Å². The van der Waals surface area contributed by atoms with Gasteiger partial charge in [0.1, 0.15) is 0 Å². The third kappa shape index (κ3) is 1.90. The average molecular weight is 181 g/mol. The van der Waals surface area contributed by atoms with Gasteiger partial charge in [-0.3, -0.25) is 0 Å². The quantitative estimate of drug-likeness (QED) is 0.760. The van der Waals surface area contributed by atoms with Gasteiger partial charge in [0.25, 0.3) is 0 Å². The van der Waals surface area contributed by atoms with E-state index in [1.807, 2.05) is 19.1 Å². The van der Waals surface area contributed by atoms with Crippen LogP contribution in [0.25, 0.3) is 0 Å². The maximum absolute atomic E-state index is 8.55. The Morgan fingerprint density at radius 1 is 1.58 bits per heavy atom. The van der Waals surface area contributed by atoms with Crippen LogP contribution in [0.2, 0.25) is 5.02 Å². The topological polar surface area (TPSA) is 35.8 Å². The van der Waals surface area contributed by atoms with E-state index in [1.54, 1.807) is 12.1 Å². The van der Waals surface area contributed by atoms with Crippen LogP contribution in [0.15, 0.2) is 18.2 Å². The lowest BCUT2D eigenvalue weighted by molar-refractivity contribution is 1.21. The molecule has 0 aliphatic carbocycles. The molecule has 1 rings (SSSR count). The number of halogens is 1. The fourth-order valence-corrected chi connectivity index (χ4v) is 1.17. The zero-order valence-corrected chi connectivity index (χ0v) is 7.52. The van der Waals surface area contributed by atoms with E-state index in [1.165, 1.54) is 0 Å². The summed E-state index contributed by atoms with van der Waals surface area (Å²) < 4.78 is 0. The summed E-state index contributed by atoms with van der Waals surface area (Å²) in [7, 11) is 0. The van der Waals surface area contributed by atoms with Crippen molar-refractivity contribution in [2.45, 2.75) is 6.92 Å². The van der Waals surface area contributed by atoms with E-state index >= 15 is 0 Å². The zero-order valence-electron chi connectivity index (χ0n) is 6.76. The van der Waals surface area contributed by atoms with Crippen LogP contribution in [0.5, 0.6) is 0 Å². The zero-order chi connectivity index (χ0) is 8.97. The van der Waals surface area contributed by atoms with Gasteiger partial charge in [-0.05, 0) is 25.1 Å². The highest BCUT2D eigenvalue weighted by atomic mass is 35.5. The predicted molar refractivity (Wildman–Crippen MR) is 50.3 cm³/mol. The largest absolute Gasteiger partial charge is 0.384 e. The van der Waals surface area contributed by atoms with Crippen molar-refractivity contribution in [3.63, 3.8) is 0 Å². The Balaban J connectivity index is 2.97. The van der Waals surface area contributed by atoms with Gasteiger partial charge in [0.05, 0.1) is 22.3 Å². The third-order valence-electron chi connectivity index (χ3n) is 1.47. The lowest BCUT2D eigenvalue weighted by Gasteiger charge is -2.04. The summed E-state index contributed by atoms with van der Waals surface area (Å²) in [5.41, 5.74) is 1.46. The second-order valence-electron chi connectivity index (χ2n) is 2.34. The van der Waals surface area contributed by atoms with Gasteiger partial charge in [0, 0.05) is 6.54 Å². The molecule has 0 radical (unpaired) electrons. The molecule has 0 atom stereocenters. The molecule has 1 aromatic rings. The molecule has 0 amide bonds. The van der Waals surface area contributed by atoms with Crippen LogP contribution < -0.4 is 5.32 Å². The average Bonchev–Trinajstić information content (AvgIpc) is 2.09. The van der Waals surface area contributed by atoms with Crippen molar-refractivity contribution in [3.8, 4) is 6.07 Å². The van der Waals surface area contributed by atoms with Crippen molar-refractivity contribution in [2.75, 3.05) is 11.9 Å². The lowest BCUT2D eigenvalue weighted by atomic mass is 10.2. The lowest BCUT2D eigenvalue weighted by Crippen LogP contribution is -1.96. The molecular formula is C9H9ClN2. The van der Waals surface area contributed by atoms with Gasteiger partial charge < -0.3 is 5.32 Å². The fraction of sp³-hybridized carbons (Fsp3) is 0.222. The van der Waals surface area contributed by atoms with Crippen molar-refractivity contribution >= 4 is 17.3 Å². The summed E-state index contributed by atoms with van der Waals surface area (Å²) >= 11 is 5.87. The highest BCUT2D eigenvalue weighted by molar-refractivity contribution is 6.33. The maximum Gasteiger partial charge on any atom is 0.0992 e. The number of nitrogens with zero attached hydrogens (tertiary/aromatic N) is 1. The van der Waals surface area contributed by atoms with Crippen LogP contribution in [0.1, 0.15) is 12.5 Å². The van der Waals surface area contributed by atoms with Gasteiger partial charge in [-0.25, -0.2) is 0 Å². The Morgan fingerprint density at radius 3 is 2.83 bits per heavy atom. The summed E-state index contributed by atoms with van der Waals surface area (Å²) in [6, 6.07) is 7.23. The van der Waals surface area contributed by atoms with Crippen LogP contribution in [-0.2, 0) is 0 Å². The number of nitrogens with one attached hydrogen (secondary N) is 1. The molecule has 0 heterocycles. The molecule has 2 nitrogen and oxygen atoms in total. The van der Waals surface area contributed by atoms with Crippen molar-refractivity contribution in [1.29, 1.82) is 5.26 Å². The molecule has 0 spiro atoms. The minimum Gasteiger partial charge on any atom is -0.384 e. The molecule has 0 aliphatic heterocycles. The minimum absolute atomic E-state index is 0.585. The normalized spacial score (nSPS) is 9.08. The first-order valence-corrected chi connectivity index (χ1v) is 4.09. The fourth-order valence-electron chi connectivity index (χ4n) is 0.918. The summed E-state index contributed by atoms with van der Waals surface area (Å²) in [5, 5.41) is 12.2. The van der Waals surface area contributed by atoms with Gasteiger partial charge in [-0.15, -0.1) is 0 Å². The van der Waals surface area contributed by atoms with Crippen LogP contribution in [-0.4, -0.2) is 6.54 Å². The minimum atomic E-state index is 0.585. The summed E-state index contributed by atoms with van der Waals surface area (Å²) in [6.07, 6.45) is 0. The highest BCUT2D eigenvalue weighted by Crippen LogP contribution is 2.22. The van der Waals surface area contributed by atoms with Gasteiger partial charge in [0.15, 0.2) is 0 Å². The van der Waals surface area contributed by atoms with Crippen molar-refractivity contribution in [3.05, 3.63) is 28.8 Å². The first kappa shape index (κ1) is 8.89. The smallest absolute Gasteiger partial charge is 0.0992 e. The Morgan fingerprint density at radius 2 is 2.33 bits per heavy atom. The molecule has 0 aromatic heterocycles. The summed E-state index contributed by atoms with van der Waals surface area (Å²) in [4.78, 5) is 0. The van der Waals surface area contributed by atoms with E-state index in [2.05, 4.69) is 5.32 Å². The van der Waals surface area contributed by atoms with E-state index in [0.717, 1.165) is 12.2 Å². The maximum atomic E-state index is 8.55. The summed E-state index contributed by atoms with van der Waals surface area (Å²) in [5.74, 6) is 0. The van der Waals surface area contributed by atoms with E-state index in [4.69, 9.17) is 16.9 Å². The number of benzene rings is 1. The number of rotatable bonds is 2. The molecule has 12 heavy (non-hydrogen) atoms. The molecule has 0 saturated carbocycles. The first-order valence-electron chi connectivity index (χ1n) is 3.71. The number of anilines is 1. The highest BCUT2D eigenvalue weighted by Gasteiger charge is 1.98. The van der Waals surface area contributed by atoms with Gasteiger partial charge in [-0.1, -0.05) is 11.6 Å². The van der Waals surface area contributed by atoms with E-state index in [0.29, 0.717) is 10.6 Å². The van der Waals surface area contributed by atoms with Crippen molar-refractivity contribution < 1.29 is 0 Å². The molecule has 3 heteroatoms. The Kier molecular flexibility index (Phi) is 2.95.